The molecule has 0 saturated carbocycles. The van der Waals surface area contributed by atoms with E-state index in [1.807, 2.05) is 4.90 Å². The predicted molar refractivity (Wildman–Crippen MR) is 112 cm³/mol. The summed E-state index contributed by atoms with van der Waals surface area (Å²) in [5.74, 6) is 0. The lowest BCUT2D eigenvalue weighted by atomic mass is 10.1. The van der Waals surface area contributed by atoms with Gasteiger partial charge < -0.3 is 21.9 Å². The Morgan fingerprint density at radius 1 is 0.577 bits per heavy atom. The van der Waals surface area contributed by atoms with Crippen LogP contribution in [0.15, 0.2) is 30.3 Å². The molecule has 1 rings (SSSR count). The molecule has 0 bridgehead atoms. The zero-order valence-corrected chi connectivity index (χ0v) is 19.2. The van der Waals surface area contributed by atoms with Crippen LogP contribution in [-0.4, -0.2) is 19.6 Å². The minimum atomic E-state index is 0. The number of halogens is 1. The van der Waals surface area contributed by atoms with Crippen molar-refractivity contribution in [3.05, 3.63) is 35.9 Å². The number of quaternary nitrogens is 1. The van der Waals surface area contributed by atoms with Gasteiger partial charge >= 0.3 is 0 Å². The zero-order chi connectivity index (χ0) is 18.0. The molecule has 0 aliphatic carbocycles. The summed E-state index contributed by atoms with van der Waals surface area (Å²) < 4.78 is 0. The largest absolute Gasteiger partial charge is 1.00 e. The Balaban J connectivity index is 0.00000625. The number of hydrogen-bond donors (Lipinski definition) is 1. The third-order valence-corrected chi connectivity index (χ3v) is 5.38. The Labute approximate surface area is 174 Å². The van der Waals surface area contributed by atoms with Gasteiger partial charge in [-0.1, -0.05) is 95.5 Å². The number of unbranched alkanes of at least 4 members (excludes halogenated alkanes) is 10. The minimum Gasteiger partial charge on any atom is -1.00 e. The van der Waals surface area contributed by atoms with Crippen molar-refractivity contribution >= 4 is 0 Å². The van der Waals surface area contributed by atoms with E-state index in [1.165, 1.54) is 109 Å². The first-order valence-corrected chi connectivity index (χ1v) is 11.2. The van der Waals surface area contributed by atoms with Crippen molar-refractivity contribution in [3.8, 4) is 0 Å². The molecule has 0 aliphatic heterocycles. The summed E-state index contributed by atoms with van der Waals surface area (Å²) in [6.07, 6.45) is 18.3. The average molecular weight is 427 g/mol. The lowest BCUT2D eigenvalue weighted by Crippen LogP contribution is -3.12. The zero-order valence-electron chi connectivity index (χ0n) is 17.6. The molecule has 1 nitrogen and oxygen atoms in total. The first-order chi connectivity index (χ1) is 12.4. The third-order valence-electron chi connectivity index (χ3n) is 5.38. The summed E-state index contributed by atoms with van der Waals surface area (Å²) in [5.41, 5.74) is 1.51. The molecule has 0 radical (unpaired) electrons. The highest BCUT2D eigenvalue weighted by Crippen LogP contribution is 2.05. The molecule has 0 aliphatic rings. The Bertz CT molecular complexity index is 363. The summed E-state index contributed by atoms with van der Waals surface area (Å²) in [6.45, 7) is 8.68. The summed E-state index contributed by atoms with van der Waals surface area (Å²) >= 11 is 0. The number of nitrogens with one attached hydrogen (secondary N) is 1. The SMILES string of the molecule is CCCCCCCC[NH+](CCCCCCCC)CCc1ccccc1.[Br-]. The molecular formula is C24H44BrN. The van der Waals surface area contributed by atoms with Gasteiger partial charge in [0.05, 0.1) is 19.6 Å². The summed E-state index contributed by atoms with van der Waals surface area (Å²) in [7, 11) is 0. The Morgan fingerprint density at radius 2 is 1.04 bits per heavy atom. The normalized spacial score (nSPS) is 10.9. The molecule has 1 aromatic rings. The molecule has 26 heavy (non-hydrogen) atoms. The second kappa shape index (κ2) is 19.4. The van der Waals surface area contributed by atoms with Gasteiger partial charge in [-0.25, -0.2) is 0 Å². The second-order valence-corrected chi connectivity index (χ2v) is 7.77. The molecule has 152 valence electrons. The topological polar surface area (TPSA) is 4.44 Å². The van der Waals surface area contributed by atoms with Crippen LogP contribution in [0.25, 0.3) is 0 Å². The second-order valence-electron chi connectivity index (χ2n) is 7.77. The predicted octanol–water partition coefficient (Wildman–Crippen LogP) is 2.84. The Morgan fingerprint density at radius 3 is 1.54 bits per heavy atom. The van der Waals surface area contributed by atoms with Crippen molar-refractivity contribution in [3.63, 3.8) is 0 Å². The van der Waals surface area contributed by atoms with Crippen LogP contribution in [0.2, 0.25) is 0 Å². The third kappa shape index (κ3) is 14.8. The molecule has 0 heterocycles. The van der Waals surface area contributed by atoms with Gasteiger partial charge in [0, 0.05) is 6.42 Å². The quantitative estimate of drug-likeness (QED) is 0.366. The maximum absolute atomic E-state index is 2.30. The van der Waals surface area contributed by atoms with Crippen LogP contribution in [0.5, 0.6) is 0 Å². The number of hydrogen-bond acceptors (Lipinski definition) is 0. The summed E-state index contributed by atoms with van der Waals surface area (Å²) in [6, 6.07) is 11.0. The molecule has 0 amide bonds. The van der Waals surface area contributed by atoms with Crippen molar-refractivity contribution in [1.29, 1.82) is 0 Å². The molecule has 0 unspecified atom stereocenters. The molecule has 1 N–H and O–H groups in total. The first kappa shape index (κ1) is 25.7. The highest BCUT2D eigenvalue weighted by Gasteiger charge is 2.08. The Hall–Kier alpha value is -0.340. The van der Waals surface area contributed by atoms with E-state index in [9.17, 15) is 0 Å². The minimum absolute atomic E-state index is 0. The van der Waals surface area contributed by atoms with Crippen molar-refractivity contribution in [2.24, 2.45) is 0 Å². The highest BCUT2D eigenvalue weighted by atomic mass is 79.9. The van der Waals surface area contributed by atoms with Crippen molar-refractivity contribution < 1.29 is 21.9 Å². The van der Waals surface area contributed by atoms with Crippen LogP contribution in [0.4, 0.5) is 0 Å². The standard InChI is InChI=1S/C24H43N.BrH/c1-3-5-7-9-11-16-21-25(22-17-12-10-8-6-4-2)23-20-24-18-14-13-15-19-24;/h13-15,18-19H,3-12,16-17,20-23H2,1-2H3;1H. The van der Waals surface area contributed by atoms with Gasteiger partial charge in [0.15, 0.2) is 0 Å². The number of benzene rings is 1. The molecule has 1 aromatic carbocycles. The van der Waals surface area contributed by atoms with Gasteiger partial charge in [-0.3, -0.25) is 0 Å². The van der Waals surface area contributed by atoms with Gasteiger partial charge in [0.1, 0.15) is 0 Å². The van der Waals surface area contributed by atoms with Crippen LogP contribution >= 0.6 is 0 Å². The van der Waals surface area contributed by atoms with Crippen LogP contribution in [-0.2, 0) is 6.42 Å². The van der Waals surface area contributed by atoms with Crippen LogP contribution in [0.3, 0.4) is 0 Å². The van der Waals surface area contributed by atoms with Gasteiger partial charge in [0.25, 0.3) is 0 Å². The van der Waals surface area contributed by atoms with Crippen molar-refractivity contribution in [2.45, 2.75) is 97.3 Å². The molecule has 0 atom stereocenters. The van der Waals surface area contributed by atoms with E-state index in [-0.39, 0.29) is 17.0 Å². The van der Waals surface area contributed by atoms with Gasteiger partial charge in [0.2, 0.25) is 0 Å². The lowest BCUT2D eigenvalue weighted by Gasteiger charge is -2.20. The van der Waals surface area contributed by atoms with E-state index in [0.717, 1.165) is 0 Å². The van der Waals surface area contributed by atoms with E-state index >= 15 is 0 Å². The fourth-order valence-electron chi connectivity index (χ4n) is 3.65. The van der Waals surface area contributed by atoms with E-state index in [2.05, 4.69) is 44.2 Å². The fraction of sp³-hybridized carbons (Fsp3) is 0.750. The Kier molecular flexibility index (Phi) is 19.2. The van der Waals surface area contributed by atoms with Crippen molar-refractivity contribution in [2.75, 3.05) is 19.6 Å². The maximum atomic E-state index is 2.30. The van der Waals surface area contributed by atoms with E-state index in [0.29, 0.717) is 0 Å². The first-order valence-electron chi connectivity index (χ1n) is 11.2. The van der Waals surface area contributed by atoms with Gasteiger partial charge in [-0.2, -0.15) is 0 Å². The summed E-state index contributed by atoms with van der Waals surface area (Å²) in [5, 5.41) is 0. The van der Waals surface area contributed by atoms with E-state index in [1.54, 1.807) is 0 Å². The molecule has 2 heteroatoms. The molecular weight excluding hydrogens is 382 g/mol. The molecule has 0 aromatic heterocycles. The smallest absolute Gasteiger partial charge is 0.0811 e. The fourth-order valence-corrected chi connectivity index (χ4v) is 3.65. The molecule has 0 saturated heterocycles. The van der Waals surface area contributed by atoms with Gasteiger partial charge in [-0.15, -0.1) is 0 Å². The van der Waals surface area contributed by atoms with Crippen LogP contribution in [0, 0.1) is 0 Å². The van der Waals surface area contributed by atoms with Crippen LogP contribution in [0.1, 0.15) is 96.5 Å². The maximum Gasteiger partial charge on any atom is 0.0811 e. The van der Waals surface area contributed by atoms with Gasteiger partial charge in [-0.05, 0) is 31.2 Å². The van der Waals surface area contributed by atoms with E-state index in [4.69, 9.17) is 0 Å². The molecule has 0 fully saturated rings. The summed E-state index contributed by atoms with van der Waals surface area (Å²) in [4.78, 5) is 1.84. The monoisotopic (exact) mass is 425 g/mol. The van der Waals surface area contributed by atoms with E-state index < -0.39 is 0 Å². The lowest BCUT2D eigenvalue weighted by molar-refractivity contribution is -0.900. The average Bonchev–Trinajstić information content (AvgIpc) is 2.65. The molecule has 0 spiro atoms. The van der Waals surface area contributed by atoms with Crippen LogP contribution < -0.4 is 21.9 Å². The number of rotatable bonds is 17. The van der Waals surface area contributed by atoms with Crippen molar-refractivity contribution in [1.82, 2.24) is 0 Å². The highest BCUT2D eigenvalue weighted by molar-refractivity contribution is 5.14.